The Kier molecular flexibility index (Phi) is 5.43. The van der Waals surface area contributed by atoms with Gasteiger partial charge in [-0.25, -0.2) is 5.01 Å². The van der Waals surface area contributed by atoms with E-state index in [1.165, 1.54) is 24.4 Å². The summed E-state index contributed by atoms with van der Waals surface area (Å²) in [5.74, 6) is 1.31. The van der Waals surface area contributed by atoms with Gasteiger partial charge in [-0.1, -0.05) is 12.1 Å². The first-order valence-electron chi connectivity index (χ1n) is 8.09. The Balaban J connectivity index is 1.95. The van der Waals surface area contributed by atoms with Gasteiger partial charge in [-0.3, -0.25) is 0 Å². The van der Waals surface area contributed by atoms with E-state index < -0.39 is 10.0 Å². The van der Waals surface area contributed by atoms with Gasteiger partial charge in [0.2, 0.25) is 0 Å². The normalized spacial score (nSPS) is 14.7. The minimum atomic E-state index is -3.77. The van der Waals surface area contributed by atoms with Crippen LogP contribution in [0.2, 0.25) is 0 Å². The number of hydrogen-bond donors (Lipinski definition) is 1. The Morgan fingerprint density at radius 3 is 2.59 bits per heavy atom. The highest BCUT2D eigenvalue weighted by molar-refractivity contribution is 7.90. The number of aliphatic hydroxyl groups is 1. The SMILES string of the molecule is COc1ccc(/C=N\N(CCO)C2=NS(=O)(=O)c3ccccc32)cc1OC. The number of hydrazone groups is 1. The van der Waals surface area contributed by atoms with E-state index in [0.29, 0.717) is 22.6 Å². The van der Waals surface area contributed by atoms with E-state index in [1.807, 2.05) is 0 Å². The lowest BCUT2D eigenvalue weighted by molar-refractivity contribution is 0.254. The maximum atomic E-state index is 12.2. The fourth-order valence-electron chi connectivity index (χ4n) is 2.66. The first-order valence-corrected chi connectivity index (χ1v) is 9.53. The molecule has 0 bridgehead atoms. The molecule has 1 N–H and O–H groups in total. The van der Waals surface area contributed by atoms with E-state index in [-0.39, 0.29) is 23.9 Å². The van der Waals surface area contributed by atoms with Gasteiger partial charge in [0.05, 0.1) is 33.6 Å². The zero-order valence-corrected chi connectivity index (χ0v) is 15.7. The molecule has 0 aromatic heterocycles. The first-order chi connectivity index (χ1) is 13.0. The quantitative estimate of drug-likeness (QED) is 0.593. The number of methoxy groups -OCH3 is 2. The molecule has 142 valence electrons. The fraction of sp³-hybridized carbons (Fsp3) is 0.222. The smallest absolute Gasteiger partial charge is 0.285 e. The molecule has 8 nitrogen and oxygen atoms in total. The molecule has 0 saturated carbocycles. The Hall–Kier alpha value is -2.91. The van der Waals surface area contributed by atoms with E-state index in [2.05, 4.69) is 9.50 Å². The first kappa shape index (κ1) is 18.9. The molecule has 0 saturated heterocycles. The summed E-state index contributed by atoms with van der Waals surface area (Å²) in [5.41, 5.74) is 1.17. The summed E-state index contributed by atoms with van der Waals surface area (Å²) in [6.45, 7) is -0.128. The Morgan fingerprint density at radius 2 is 1.89 bits per heavy atom. The summed E-state index contributed by atoms with van der Waals surface area (Å²) in [6.07, 6.45) is 1.54. The van der Waals surface area contributed by atoms with Gasteiger partial charge in [0.1, 0.15) is 4.90 Å². The van der Waals surface area contributed by atoms with Crippen molar-refractivity contribution >= 4 is 22.1 Å². The maximum Gasteiger partial charge on any atom is 0.285 e. The van der Waals surface area contributed by atoms with Crippen molar-refractivity contribution in [2.45, 2.75) is 4.90 Å². The lowest BCUT2D eigenvalue weighted by Crippen LogP contribution is -2.28. The highest BCUT2D eigenvalue weighted by Crippen LogP contribution is 2.28. The maximum absolute atomic E-state index is 12.2. The van der Waals surface area contributed by atoms with Gasteiger partial charge in [0.25, 0.3) is 10.0 Å². The minimum absolute atomic E-state index is 0.0898. The van der Waals surface area contributed by atoms with Crippen molar-refractivity contribution in [3.63, 3.8) is 0 Å². The van der Waals surface area contributed by atoms with E-state index in [0.717, 1.165) is 0 Å². The van der Waals surface area contributed by atoms with Crippen LogP contribution >= 0.6 is 0 Å². The second-order valence-corrected chi connectivity index (χ2v) is 7.16. The van der Waals surface area contributed by atoms with Gasteiger partial charge in [-0.05, 0) is 35.9 Å². The van der Waals surface area contributed by atoms with Gasteiger partial charge in [-0.2, -0.15) is 13.5 Å². The summed E-state index contributed by atoms with van der Waals surface area (Å²) in [4.78, 5) is 0.129. The third-order valence-corrected chi connectivity index (χ3v) is 5.25. The predicted octanol–water partition coefficient (Wildman–Crippen LogP) is 1.48. The van der Waals surface area contributed by atoms with Crippen LogP contribution in [0.1, 0.15) is 11.1 Å². The third kappa shape index (κ3) is 3.79. The van der Waals surface area contributed by atoms with Gasteiger partial charge < -0.3 is 14.6 Å². The number of amidine groups is 1. The van der Waals surface area contributed by atoms with E-state index in [1.54, 1.807) is 43.5 Å². The lowest BCUT2D eigenvalue weighted by atomic mass is 10.2. The van der Waals surface area contributed by atoms with Gasteiger partial charge in [0, 0.05) is 5.56 Å². The summed E-state index contributed by atoms with van der Waals surface area (Å²) in [5, 5.41) is 15.0. The van der Waals surface area contributed by atoms with Crippen molar-refractivity contribution in [3.8, 4) is 11.5 Å². The number of fused-ring (bicyclic) bond motifs is 1. The number of hydrogen-bond acceptors (Lipinski definition) is 7. The molecule has 1 aliphatic rings. The molecule has 2 aromatic carbocycles. The predicted molar refractivity (Wildman–Crippen MR) is 101 cm³/mol. The number of nitrogens with zero attached hydrogens (tertiary/aromatic N) is 3. The van der Waals surface area contributed by atoms with Crippen LogP contribution in [0.25, 0.3) is 0 Å². The zero-order valence-electron chi connectivity index (χ0n) is 14.9. The molecule has 0 fully saturated rings. The molecule has 0 aliphatic carbocycles. The topological polar surface area (TPSA) is 101 Å². The summed E-state index contributed by atoms with van der Waals surface area (Å²) in [6, 6.07) is 11.8. The molecule has 0 unspecified atom stereocenters. The molecule has 1 heterocycles. The number of benzene rings is 2. The van der Waals surface area contributed by atoms with Crippen molar-refractivity contribution in [3.05, 3.63) is 53.6 Å². The average molecular weight is 389 g/mol. The Morgan fingerprint density at radius 1 is 1.15 bits per heavy atom. The molecular weight excluding hydrogens is 370 g/mol. The fourth-order valence-corrected chi connectivity index (χ4v) is 3.86. The standard InChI is InChI=1S/C18H19N3O5S/c1-25-15-8-7-13(11-16(15)26-2)12-19-21(9-10-22)18-14-5-3-4-6-17(14)27(23,24)20-18/h3-8,11-12,22H,9-10H2,1-2H3/b19-12-. The molecule has 0 atom stereocenters. The Bertz CT molecular complexity index is 1000. The minimum Gasteiger partial charge on any atom is -0.493 e. The van der Waals surface area contributed by atoms with Crippen LogP contribution in [0.15, 0.2) is 56.9 Å². The van der Waals surface area contributed by atoms with Crippen LogP contribution in [-0.2, 0) is 10.0 Å². The molecule has 0 spiro atoms. The van der Waals surface area contributed by atoms with E-state index in [9.17, 15) is 13.5 Å². The average Bonchev–Trinajstić information content (AvgIpc) is 2.96. The molecule has 27 heavy (non-hydrogen) atoms. The van der Waals surface area contributed by atoms with Crippen LogP contribution in [0.3, 0.4) is 0 Å². The van der Waals surface area contributed by atoms with E-state index >= 15 is 0 Å². The van der Waals surface area contributed by atoms with E-state index in [4.69, 9.17) is 9.47 Å². The van der Waals surface area contributed by atoms with Crippen molar-refractivity contribution < 1.29 is 23.0 Å². The monoisotopic (exact) mass is 389 g/mol. The molecule has 0 radical (unpaired) electrons. The molecule has 1 aliphatic heterocycles. The van der Waals surface area contributed by atoms with Crippen molar-refractivity contribution in [1.82, 2.24) is 5.01 Å². The third-order valence-electron chi connectivity index (χ3n) is 3.92. The Labute approximate surface area is 157 Å². The van der Waals surface area contributed by atoms with Crippen molar-refractivity contribution in [2.75, 3.05) is 27.4 Å². The lowest BCUT2D eigenvalue weighted by Gasteiger charge is -2.17. The van der Waals surface area contributed by atoms with Crippen LogP contribution < -0.4 is 9.47 Å². The highest BCUT2D eigenvalue weighted by Gasteiger charge is 2.31. The molecule has 2 aromatic rings. The number of sulfonamides is 1. The largest absolute Gasteiger partial charge is 0.493 e. The molecular formula is C18H19N3O5S. The van der Waals surface area contributed by atoms with Crippen LogP contribution in [0.4, 0.5) is 0 Å². The molecule has 0 amide bonds. The van der Waals surface area contributed by atoms with Crippen LogP contribution in [0, 0.1) is 0 Å². The summed E-state index contributed by atoms with van der Waals surface area (Å²) >= 11 is 0. The summed E-state index contributed by atoms with van der Waals surface area (Å²) in [7, 11) is -0.687. The van der Waals surface area contributed by atoms with Crippen LogP contribution in [0.5, 0.6) is 11.5 Å². The zero-order chi connectivity index (χ0) is 19.4. The number of rotatable bonds is 6. The molecule has 9 heteroatoms. The van der Waals surface area contributed by atoms with Gasteiger partial charge in [0.15, 0.2) is 17.3 Å². The number of ether oxygens (including phenoxy) is 2. The summed E-state index contributed by atoms with van der Waals surface area (Å²) < 4.78 is 38.8. The van der Waals surface area contributed by atoms with Crippen molar-refractivity contribution in [1.29, 1.82) is 0 Å². The second kappa shape index (κ2) is 7.77. The van der Waals surface area contributed by atoms with Crippen LogP contribution in [-0.4, -0.2) is 58.0 Å². The van der Waals surface area contributed by atoms with Gasteiger partial charge in [-0.15, -0.1) is 4.40 Å². The highest BCUT2D eigenvalue weighted by atomic mass is 32.2. The number of aliphatic hydroxyl groups excluding tert-OH is 1. The molecule has 3 rings (SSSR count). The van der Waals surface area contributed by atoms with Crippen molar-refractivity contribution in [2.24, 2.45) is 9.50 Å². The second-order valence-electron chi connectivity index (χ2n) is 5.59. The van der Waals surface area contributed by atoms with Gasteiger partial charge >= 0.3 is 0 Å².